The molecular weight excluding hydrogens is 388 g/mol. The van der Waals surface area contributed by atoms with Gasteiger partial charge in [0.2, 0.25) is 5.91 Å². The van der Waals surface area contributed by atoms with Gasteiger partial charge in [-0.05, 0) is 48.9 Å². The molecule has 1 aliphatic heterocycles. The lowest BCUT2D eigenvalue weighted by Gasteiger charge is -2.10. The standard InChI is InChI=1S/C19H17ClN2O4S/c1-11-8-13(20)3-4-14(11)21-18(24)10-26-19(25)12-2-5-16-15(9-12)22-17(23)6-7-27-16/h2-5,8-9H,6-7,10H2,1H3,(H,21,24)(H,22,23). The second kappa shape index (κ2) is 8.45. The lowest BCUT2D eigenvalue weighted by atomic mass is 10.2. The molecule has 8 heteroatoms. The Hall–Kier alpha value is -2.51. The lowest BCUT2D eigenvalue weighted by molar-refractivity contribution is -0.119. The number of halogens is 1. The third-order valence-electron chi connectivity index (χ3n) is 3.87. The van der Waals surface area contributed by atoms with Crippen molar-refractivity contribution in [1.29, 1.82) is 0 Å². The van der Waals surface area contributed by atoms with Crippen molar-refractivity contribution in [2.45, 2.75) is 18.2 Å². The average molecular weight is 405 g/mol. The number of anilines is 2. The zero-order valence-corrected chi connectivity index (χ0v) is 16.1. The quantitative estimate of drug-likeness (QED) is 0.755. The number of rotatable bonds is 4. The van der Waals surface area contributed by atoms with E-state index in [-0.39, 0.29) is 11.5 Å². The Kier molecular flexibility index (Phi) is 6.03. The minimum Gasteiger partial charge on any atom is -0.452 e. The summed E-state index contributed by atoms with van der Waals surface area (Å²) < 4.78 is 5.08. The first-order valence-electron chi connectivity index (χ1n) is 8.22. The molecule has 2 amide bonds. The summed E-state index contributed by atoms with van der Waals surface area (Å²) in [5.41, 5.74) is 2.26. The number of aryl methyl sites for hydroxylation is 1. The van der Waals surface area contributed by atoms with E-state index in [1.165, 1.54) is 0 Å². The second-order valence-electron chi connectivity index (χ2n) is 5.94. The van der Waals surface area contributed by atoms with Crippen molar-refractivity contribution in [2.75, 3.05) is 23.0 Å². The van der Waals surface area contributed by atoms with E-state index in [0.29, 0.717) is 28.6 Å². The molecule has 0 spiro atoms. The first kappa shape index (κ1) is 19.3. The Morgan fingerprint density at radius 3 is 2.85 bits per heavy atom. The number of carbonyl (C=O) groups excluding carboxylic acids is 3. The SMILES string of the molecule is Cc1cc(Cl)ccc1NC(=O)COC(=O)c1ccc2c(c1)NC(=O)CCS2. The van der Waals surface area contributed by atoms with E-state index in [2.05, 4.69) is 10.6 Å². The highest BCUT2D eigenvalue weighted by atomic mass is 35.5. The second-order valence-corrected chi connectivity index (χ2v) is 7.51. The summed E-state index contributed by atoms with van der Waals surface area (Å²) in [4.78, 5) is 36.8. The molecule has 27 heavy (non-hydrogen) atoms. The molecule has 0 aliphatic carbocycles. The predicted octanol–water partition coefficient (Wildman–Crippen LogP) is 3.88. The summed E-state index contributed by atoms with van der Waals surface area (Å²) in [6, 6.07) is 10.0. The van der Waals surface area contributed by atoms with E-state index in [1.807, 2.05) is 6.92 Å². The zero-order chi connectivity index (χ0) is 19.4. The van der Waals surface area contributed by atoms with Crippen LogP contribution in [-0.4, -0.2) is 30.1 Å². The van der Waals surface area contributed by atoms with Crippen molar-refractivity contribution in [2.24, 2.45) is 0 Å². The molecule has 3 rings (SSSR count). The van der Waals surface area contributed by atoms with Crippen LogP contribution in [0.3, 0.4) is 0 Å². The molecule has 2 N–H and O–H groups in total. The monoisotopic (exact) mass is 404 g/mol. The Bertz CT molecular complexity index is 917. The van der Waals surface area contributed by atoms with Gasteiger partial charge in [-0.15, -0.1) is 11.8 Å². The maximum atomic E-state index is 12.2. The highest BCUT2D eigenvalue weighted by molar-refractivity contribution is 7.99. The third-order valence-corrected chi connectivity index (χ3v) is 5.18. The minimum atomic E-state index is -0.635. The van der Waals surface area contributed by atoms with Crippen LogP contribution in [0.25, 0.3) is 0 Å². The van der Waals surface area contributed by atoms with Gasteiger partial charge in [-0.3, -0.25) is 9.59 Å². The van der Waals surface area contributed by atoms with Crippen molar-refractivity contribution in [3.8, 4) is 0 Å². The van der Waals surface area contributed by atoms with Gasteiger partial charge in [0.25, 0.3) is 5.91 Å². The normalized spacial score (nSPS) is 13.2. The van der Waals surface area contributed by atoms with E-state index < -0.39 is 18.5 Å². The highest BCUT2D eigenvalue weighted by Crippen LogP contribution is 2.31. The predicted molar refractivity (Wildman–Crippen MR) is 106 cm³/mol. The summed E-state index contributed by atoms with van der Waals surface area (Å²) >= 11 is 7.43. The molecule has 2 aromatic carbocycles. The summed E-state index contributed by atoms with van der Waals surface area (Å²) in [7, 11) is 0. The molecule has 1 heterocycles. The smallest absolute Gasteiger partial charge is 0.338 e. The van der Waals surface area contributed by atoms with Gasteiger partial charge in [-0.25, -0.2) is 4.79 Å². The fraction of sp³-hybridized carbons (Fsp3) is 0.211. The number of hydrogen-bond donors (Lipinski definition) is 2. The molecule has 0 unspecified atom stereocenters. The van der Waals surface area contributed by atoms with Gasteiger partial charge in [-0.1, -0.05) is 11.6 Å². The molecule has 0 fully saturated rings. The molecule has 0 bridgehead atoms. The fourth-order valence-electron chi connectivity index (χ4n) is 2.51. The zero-order valence-electron chi connectivity index (χ0n) is 14.5. The number of thioether (sulfide) groups is 1. The fourth-order valence-corrected chi connectivity index (χ4v) is 3.68. The van der Waals surface area contributed by atoms with Crippen LogP contribution in [0.2, 0.25) is 5.02 Å². The van der Waals surface area contributed by atoms with Crippen LogP contribution in [0.15, 0.2) is 41.3 Å². The summed E-state index contributed by atoms with van der Waals surface area (Å²) in [6.07, 6.45) is 0.420. The maximum Gasteiger partial charge on any atom is 0.338 e. The van der Waals surface area contributed by atoms with E-state index in [0.717, 1.165) is 10.5 Å². The maximum absolute atomic E-state index is 12.2. The van der Waals surface area contributed by atoms with Gasteiger partial charge < -0.3 is 15.4 Å². The third kappa shape index (κ3) is 5.02. The summed E-state index contributed by atoms with van der Waals surface area (Å²) in [5, 5.41) is 6.02. The number of benzene rings is 2. The topological polar surface area (TPSA) is 84.5 Å². The summed E-state index contributed by atoms with van der Waals surface area (Å²) in [6.45, 7) is 1.40. The number of fused-ring (bicyclic) bond motifs is 1. The molecule has 0 saturated carbocycles. The van der Waals surface area contributed by atoms with Crippen molar-refractivity contribution >= 4 is 52.5 Å². The first-order chi connectivity index (χ1) is 12.9. The van der Waals surface area contributed by atoms with Gasteiger partial charge >= 0.3 is 5.97 Å². The first-order valence-corrected chi connectivity index (χ1v) is 9.58. The number of carbonyl (C=O) groups is 3. The Labute approximate surface area is 165 Å². The molecule has 1 aliphatic rings. The van der Waals surface area contributed by atoms with Crippen LogP contribution < -0.4 is 10.6 Å². The van der Waals surface area contributed by atoms with Crippen molar-refractivity contribution in [3.63, 3.8) is 0 Å². The van der Waals surface area contributed by atoms with E-state index >= 15 is 0 Å². The van der Waals surface area contributed by atoms with Gasteiger partial charge in [0.05, 0.1) is 11.3 Å². The van der Waals surface area contributed by atoms with Gasteiger partial charge in [0.1, 0.15) is 0 Å². The van der Waals surface area contributed by atoms with Crippen molar-refractivity contribution in [1.82, 2.24) is 0 Å². The number of amides is 2. The number of hydrogen-bond acceptors (Lipinski definition) is 5. The van der Waals surface area contributed by atoms with E-state index in [4.69, 9.17) is 16.3 Å². The number of nitrogens with one attached hydrogen (secondary N) is 2. The molecule has 0 aromatic heterocycles. The molecular formula is C19H17ClN2O4S. The van der Waals surface area contributed by atoms with E-state index in [1.54, 1.807) is 48.2 Å². The lowest BCUT2D eigenvalue weighted by Crippen LogP contribution is -2.21. The Morgan fingerprint density at radius 1 is 1.26 bits per heavy atom. The number of esters is 1. The van der Waals surface area contributed by atoms with Gasteiger partial charge in [0.15, 0.2) is 6.61 Å². The van der Waals surface area contributed by atoms with Crippen LogP contribution in [0.1, 0.15) is 22.3 Å². The van der Waals surface area contributed by atoms with Crippen LogP contribution in [-0.2, 0) is 14.3 Å². The number of ether oxygens (including phenoxy) is 1. The Morgan fingerprint density at radius 2 is 2.07 bits per heavy atom. The molecule has 0 saturated heterocycles. The van der Waals surface area contributed by atoms with Crippen molar-refractivity contribution in [3.05, 3.63) is 52.5 Å². The van der Waals surface area contributed by atoms with Gasteiger partial charge in [0, 0.05) is 27.8 Å². The molecule has 6 nitrogen and oxygen atoms in total. The summed E-state index contributed by atoms with van der Waals surface area (Å²) in [5.74, 6) is -0.492. The van der Waals surface area contributed by atoms with Crippen LogP contribution in [0.5, 0.6) is 0 Å². The molecule has 2 aromatic rings. The van der Waals surface area contributed by atoms with Crippen LogP contribution in [0, 0.1) is 6.92 Å². The molecule has 0 atom stereocenters. The van der Waals surface area contributed by atoms with Gasteiger partial charge in [-0.2, -0.15) is 0 Å². The van der Waals surface area contributed by atoms with Crippen molar-refractivity contribution < 1.29 is 19.1 Å². The largest absolute Gasteiger partial charge is 0.452 e. The van der Waals surface area contributed by atoms with E-state index in [9.17, 15) is 14.4 Å². The van der Waals surface area contributed by atoms with Crippen LogP contribution >= 0.6 is 23.4 Å². The highest BCUT2D eigenvalue weighted by Gasteiger charge is 2.17. The molecule has 0 radical (unpaired) electrons. The van der Waals surface area contributed by atoms with Crippen LogP contribution in [0.4, 0.5) is 11.4 Å². The average Bonchev–Trinajstić information content (AvgIpc) is 2.81. The Balaban J connectivity index is 1.60. The molecule has 140 valence electrons. The minimum absolute atomic E-state index is 0.0931.